The summed E-state index contributed by atoms with van der Waals surface area (Å²) in [6, 6.07) is 14.1. The second kappa shape index (κ2) is 7.24. The Balaban J connectivity index is 1.58. The van der Waals surface area contributed by atoms with Gasteiger partial charge < -0.3 is 5.11 Å². The van der Waals surface area contributed by atoms with E-state index in [0.29, 0.717) is 12.8 Å². The van der Waals surface area contributed by atoms with E-state index >= 15 is 0 Å². The minimum absolute atomic E-state index is 0.0491. The van der Waals surface area contributed by atoms with E-state index in [2.05, 4.69) is 16.0 Å². The van der Waals surface area contributed by atoms with E-state index in [-0.39, 0.29) is 17.8 Å². The molecule has 6 rings (SSSR count). The predicted molar refractivity (Wildman–Crippen MR) is 125 cm³/mol. The van der Waals surface area contributed by atoms with Crippen molar-refractivity contribution in [3.05, 3.63) is 65.3 Å². The van der Waals surface area contributed by atoms with Crippen LogP contribution >= 0.6 is 0 Å². The molecule has 4 heterocycles. The number of hydrogen-bond donors (Lipinski definition) is 1. The summed E-state index contributed by atoms with van der Waals surface area (Å²) >= 11 is 0. The molecule has 0 bridgehead atoms. The van der Waals surface area contributed by atoms with Crippen LogP contribution in [0.1, 0.15) is 31.7 Å². The molecule has 1 aromatic carbocycles. The lowest BCUT2D eigenvalue weighted by atomic mass is 9.93. The summed E-state index contributed by atoms with van der Waals surface area (Å²) in [5, 5.41) is 11.0. The van der Waals surface area contributed by atoms with Crippen LogP contribution in [0.15, 0.2) is 59.7 Å². The summed E-state index contributed by atoms with van der Waals surface area (Å²) in [7, 11) is 1.78. The van der Waals surface area contributed by atoms with Crippen molar-refractivity contribution in [3.63, 3.8) is 0 Å². The van der Waals surface area contributed by atoms with Crippen molar-refractivity contribution in [3.8, 4) is 11.3 Å². The van der Waals surface area contributed by atoms with Crippen LogP contribution in [0.4, 0.5) is 0 Å². The monoisotopic (exact) mass is 425 g/mol. The molecule has 32 heavy (non-hydrogen) atoms. The second-order valence-electron chi connectivity index (χ2n) is 8.65. The molecule has 7 heteroatoms. The van der Waals surface area contributed by atoms with Gasteiger partial charge in [0.15, 0.2) is 0 Å². The van der Waals surface area contributed by atoms with Crippen molar-refractivity contribution in [1.82, 2.24) is 24.1 Å². The first-order chi connectivity index (χ1) is 15.6. The maximum atomic E-state index is 13.2. The molecule has 0 radical (unpaired) electrons. The van der Waals surface area contributed by atoms with Gasteiger partial charge in [0, 0.05) is 30.2 Å². The molecule has 1 fully saturated rings. The summed E-state index contributed by atoms with van der Waals surface area (Å²) < 4.78 is 3.53. The highest BCUT2D eigenvalue weighted by Crippen LogP contribution is 2.33. The van der Waals surface area contributed by atoms with Gasteiger partial charge in [0.2, 0.25) is 0 Å². The van der Waals surface area contributed by atoms with Crippen molar-refractivity contribution in [2.24, 2.45) is 7.05 Å². The number of fused-ring (bicyclic) bond motifs is 4. The van der Waals surface area contributed by atoms with Crippen LogP contribution in [0.25, 0.3) is 44.2 Å². The van der Waals surface area contributed by atoms with E-state index in [1.807, 2.05) is 47.2 Å². The van der Waals surface area contributed by atoms with Gasteiger partial charge in [-0.05, 0) is 49.9 Å². The smallest absolute Gasteiger partial charge is 0.329 e. The fraction of sp³-hybridized carbons (Fsp3) is 0.280. The van der Waals surface area contributed by atoms with E-state index < -0.39 is 0 Å². The average molecular weight is 425 g/mol. The number of aliphatic hydroxyl groups excluding tert-OH is 1. The number of aromatic nitrogens is 5. The maximum Gasteiger partial charge on any atom is 0.329 e. The molecule has 0 saturated heterocycles. The fourth-order valence-corrected chi connectivity index (χ4v) is 4.91. The molecule has 0 amide bonds. The minimum atomic E-state index is -0.277. The standard InChI is InChI=1S/C25H23N5O2/c1-29-22-14-27-21-11-10-20(16-12-15-4-2-3-5-19(15)26-13-16)28-23(21)24(22)30(25(29)32)17-6-8-18(31)9-7-17/h2-5,10-14,17-18,31H,6-9H2,1H3. The Morgan fingerprint density at radius 3 is 2.59 bits per heavy atom. The Bertz CT molecular complexity index is 1540. The summed E-state index contributed by atoms with van der Waals surface area (Å²) in [4.78, 5) is 27.3. The molecule has 160 valence electrons. The molecule has 1 N–H and O–H groups in total. The lowest BCUT2D eigenvalue weighted by molar-refractivity contribution is 0.111. The molecule has 0 unspecified atom stereocenters. The number of nitrogens with zero attached hydrogens (tertiary/aromatic N) is 5. The Hall–Kier alpha value is -3.58. The highest BCUT2D eigenvalue weighted by atomic mass is 16.3. The van der Waals surface area contributed by atoms with E-state index in [1.54, 1.807) is 17.8 Å². The van der Waals surface area contributed by atoms with Crippen LogP contribution in [0.2, 0.25) is 0 Å². The fourth-order valence-electron chi connectivity index (χ4n) is 4.91. The highest BCUT2D eigenvalue weighted by Gasteiger charge is 2.26. The van der Waals surface area contributed by atoms with Gasteiger partial charge in [0.05, 0.1) is 40.1 Å². The molecule has 4 aromatic heterocycles. The Kier molecular flexibility index (Phi) is 4.33. The van der Waals surface area contributed by atoms with Crippen molar-refractivity contribution in [2.45, 2.75) is 37.8 Å². The van der Waals surface area contributed by atoms with Crippen LogP contribution in [0.3, 0.4) is 0 Å². The molecule has 1 aliphatic carbocycles. The quantitative estimate of drug-likeness (QED) is 0.462. The summed E-state index contributed by atoms with van der Waals surface area (Å²) in [5.41, 5.74) is 5.67. The molecule has 0 aliphatic heterocycles. The zero-order valence-corrected chi connectivity index (χ0v) is 17.8. The average Bonchev–Trinajstić information content (AvgIpc) is 3.09. The van der Waals surface area contributed by atoms with Crippen LogP contribution in [0, 0.1) is 0 Å². The van der Waals surface area contributed by atoms with E-state index in [1.165, 1.54) is 0 Å². The van der Waals surface area contributed by atoms with Gasteiger partial charge in [-0.3, -0.25) is 19.1 Å². The SMILES string of the molecule is Cn1c(=O)n(C2CCC(O)CC2)c2c3nc(-c4cnc5ccccc5c4)ccc3ncc21. The zero-order chi connectivity index (χ0) is 21.8. The van der Waals surface area contributed by atoms with Crippen molar-refractivity contribution < 1.29 is 5.11 Å². The van der Waals surface area contributed by atoms with Gasteiger partial charge in [0.1, 0.15) is 5.52 Å². The predicted octanol–water partition coefficient (Wildman–Crippen LogP) is 3.97. The van der Waals surface area contributed by atoms with Gasteiger partial charge in [-0.15, -0.1) is 0 Å². The van der Waals surface area contributed by atoms with Gasteiger partial charge in [-0.25, -0.2) is 9.78 Å². The second-order valence-corrected chi connectivity index (χ2v) is 8.65. The summed E-state index contributed by atoms with van der Waals surface area (Å²) in [5.74, 6) is 0. The molecule has 0 spiro atoms. The third-order valence-electron chi connectivity index (χ3n) is 6.68. The molecule has 1 saturated carbocycles. The van der Waals surface area contributed by atoms with E-state index in [0.717, 1.165) is 57.1 Å². The van der Waals surface area contributed by atoms with Gasteiger partial charge in [-0.1, -0.05) is 18.2 Å². The third-order valence-corrected chi connectivity index (χ3v) is 6.68. The molecular weight excluding hydrogens is 402 g/mol. The summed E-state index contributed by atoms with van der Waals surface area (Å²) in [6.45, 7) is 0. The number of aliphatic hydroxyl groups is 1. The number of rotatable bonds is 2. The number of benzene rings is 1. The molecule has 0 atom stereocenters. The van der Waals surface area contributed by atoms with Crippen molar-refractivity contribution >= 4 is 33.0 Å². The third kappa shape index (κ3) is 2.92. The van der Waals surface area contributed by atoms with Crippen molar-refractivity contribution in [2.75, 3.05) is 0 Å². The Morgan fingerprint density at radius 2 is 1.75 bits per heavy atom. The molecule has 7 nitrogen and oxygen atoms in total. The highest BCUT2D eigenvalue weighted by molar-refractivity contribution is 6.00. The van der Waals surface area contributed by atoms with Gasteiger partial charge >= 0.3 is 5.69 Å². The van der Waals surface area contributed by atoms with Crippen molar-refractivity contribution in [1.29, 1.82) is 0 Å². The van der Waals surface area contributed by atoms with Crippen LogP contribution in [-0.2, 0) is 7.05 Å². The zero-order valence-electron chi connectivity index (χ0n) is 17.8. The van der Waals surface area contributed by atoms with Gasteiger partial charge in [0.25, 0.3) is 0 Å². The Morgan fingerprint density at radius 1 is 0.969 bits per heavy atom. The normalized spacial score (nSPS) is 19.2. The largest absolute Gasteiger partial charge is 0.393 e. The Labute approximate surface area is 184 Å². The number of pyridine rings is 3. The summed E-state index contributed by atoms with van der Waals surface area (Å²) in [6.07, 6.45) is 6.28. The first kappa shape index (κ1) is 19.1. The van der Waals surface area contributed by atoms with Crippen LogP contribution in [0.5, 0.6) is 0 Å². The van der Waals surface area contributed by atoms with Crippen LogP contribution in [-0.4, -0.2) is 35.3 Å². The first-order valence-corrected chi connectivity index (χ1v) is 11.0. The maximum absolute atomic E-state index is 13.2. The topological polar surface area (TPSA) is 85.8 Å². The number of hydrogen-bond acceptors (Lipinski definition) is 5. The van der Waals surface area contributed by atoms with E-state index in [9.17, 15) is 9.90 Å². The minimum Gasteiger partial charge on any atom is -0.393 e. The van der Waals surface area contributed by atoms with E-state index in [4.69, 9.17) is 4.98 Å². The number of aryl methyl sites for hydroxylation is 1. The molecule has 1 aliphatic rings. The molecular formula is C25H23N5O2. The molecule has 5 aromatic rings. The first-order valence-electron chi connectivity index (χ1n) is 11.0. The van der Waals surface area contributed by atoms with Crippen LogP contribution < -0.4 is 5.69 Å². The van der Waals surface area contributed by atoms with Gasteiger partial charge in [-0.2, -0.15) is 0 Å². The lowest BCUT2D eigenvalue weighted by Gasteiger charge is -2.26. The number of imidazole rings is 1. The number of para-hydroxylation sites is 1. The lowest BCUT2D eigenvalue weighted by Crippen LogP contribution is -2.29.